The van der Waals surface area contributed by atoms with Crippen molar-refractivity contribution in [3.8, 4) is 17.3 Å². The molecule has 3 aromatic rings. The predicted molar refractivity (Wildman–Crippen MR) is 114 cm³/mol. The minimum Gasteiger partial charge on any atom is -0.491 e. The summed E-state index contributed by atoms with van der Waals surface area (Å²) in [4.78, 5) is 9.93. The molecule has 32 heavy (non-hydrogen) atoms. The average Bonchev–Trinajstić information content (AvgIpc) is 3.02. The number of amidine groups is 1. The second-order valence-electron chi connectivity index (χ2n) is 7.33. The molecule has 1 aromatic carbocycles. The third-order valence-corrected chi connectivity index (χ3v) is 5.85. The molecule has 0 bridgehead atoms. The van der Waals surface area contributed by atoms with Gasteiger partial charge in [-0.1, -0.05) is 0 Å². The molecule has 1 N–H and O–H groups in total. The van der Waals surface area contributed by atoms with Crippen LogP contribution in [0.4, 0.5) is 13.2 Å². The molecule has 0 saturated heterocycles. The van der Waals surface area contributed by atoms with Gasteiger partial charge in [0, 0.05) is 33.5 Å². The van der Waals surface area contributed by atoms with Gasteiger partial charge in [-0.2, -0.15) is 13.2 Å². The van der Waals surface area contributed by atoms with Crippen molar-refractivity contribution >= 4 is 26.7 Å². The molecule has 0 unspecified atom stereocenters. The quantitative estimate of drug-likeness (QED) is 0.454. The van der Waals surface area contributed by atoms with Crippen LogP contribution in [0.2, 0.25) is 0 Å². The standard InChI is InChI=1S/C20H22F3N5O3S/c1-6-31-14-10-15(32(5,29)30)17(26-16(14)18(24)27(2)3)19-25-12-9-11(20(21,22)23)7-8-13(12)28(19)4/h7-10,24H,6H2,1-5H3. The van der Waals surface area contributed by atoms with Crippen molar-refractivity contribution in [2.45, 2.75) is 18.0 Å². The molecule has 0 atom stereocenters. The maximum Gasteiger partial charge on any atom is 0.416 e. The number of sulfone groups is 1. The van der Waals surface area contributed by atoms with Gasteiger partial charge in [0.2, 0.25) is 0 Å². The summed E-state index contributed by atoms with van der Waals surface area (Å²) in [6.07, 6.45) is -3.56. The van der Waals surface area contributed by atoms with Gasteiger partial charge >= 0.3 is 6.18 Å². The van der Waals surface area contributed by atoms with Gasteiger partial charge in [-0.3, -0.25) is 5.41 Å². The smallest absolute Gasteiger partial charge is 0.416 e. The SMILES string of the molecule is CCOc1cc(S(C)(=O)=O)c(-c2nc3cc(C(F)(F)F)ccc3n2C)nc1C(=N)N(C)C. The number of hydrogen-bond acceptors (Lipinski definition) is 6. The van der Waals surface area contributed by atoms with Gasteiger partial charge in [-0.25, -0.2) is 18.4 Å². The molecular formula is C20H22F3N5O3S. The molecule has 2 heterocycles. The van der Waals surface area contributed by atoms with E-state index in [0.717, 1.165) is 18.4 Å². The molecule has 0 spiro atoms. The molecule has 0 saturated carbocycles. The lowest BCUT2D eigenvalue weighted by atomic mass is 10.2. The molecule has 2 aromatic heterocycles. The van der Waals surface area contributed by atoms with Gasteiger partial charge in [0.1, 0.15) is 23.0 Å². The van der Waals surface area contributed by atoms with Crippen molar-refractivity contribution in [3.63, 3.8) is 0 Å². The predicted octanol–water partition coefficient (Wildman–Crippen LogP) is 3.34. The summed E-state index contributed by atoms with van der Waals surface area (Å²) < 4.78 is 71.5. The number of aryl methyl sites for hydroxylation is 1. The number of halogens is 3. The lowest BCUT2D eigenvalue weighted by molar-refractivity contribution is -0.137. The Kier molecular flexibility index (Phi) is 5.94. The maximum atomic E-state index is 13.1. The molecule has 0 aliphatic carbocycles. The van der Waals surface area contributed by atoms with E-state index < -0.39 is 21.6 Å². The van der Waals surface area contributed by atoms with Crippen LogP contribution in [0.5, 0.6) is 5.75 Å². The first-order valence-corrected chi connectivity index (χ1v) is 11.3. The summed E-state index contributed by atoms with van der Waals surface area (Å²) in [5.74, 6) is 0.122. The number of ether oxygens (including phenoxy) is 1. The monoisotopic (exact) mass is 469 g/mol. The van der Waals surface area contributed by atoms with E-state index >= 15 is 0 Å². The number of nitrogens with one attached hydrogen (secondary N) is 1. The van der Waals surface area contributed by atoms with Crippen LogP contribution in [0, 0.1) is 5.41 Å². The zero-order valence-corrected chi connectivity index (χ0v) is 18.9. The van der Waals surface area contributed by atoms with E-state index in [1.165, 1.54) is 21.6 Å². The molecule has 172 valence electrons. The van der Waals surface area contributed by atoms with Gasteiger partial charge in [0.15, 0.2) is 15.7 Å². The van der Waals surface area contributed by atoms with Gasteiger partial charge in [0.25, 0.3) is 0 Å². The molecule has 0 amide bonds. The van der Waals surface area contributed by atoms with Crippen molar-refractivity contribution in [3.05, 3.63) is 35.5 Å². The largest absolute Gasteiger partial charge is 0.491 e. The van der Waals surface area contributed by atoms with Crippen LogP contribution < -0.4 is 4.74 Å². The van der Waals surface area contributed by atoms with Gasteiger partial charge < -0.3 is 14.2 Å². The number of fused-ring (bicyclic) bond motifs is 1. The van der Waals surface area contributed by atoms with E-state index in [4.69, 9.17) is 10.1 Å². The fourth-order valence-corrected chi connectivity index (χ4v) is 3.96. The Morgan fingerprint density at radius 3 is 2.41 bits per heavy atom. The van der Waals surface area contributed by atoms with Crippen molar-refractivity contribution in [2.75, 3.05) is 27.0 Å². The number of hydrogen-bond donors (Lipinski definition) is 1. The highest BCUT2D eigenvalue weighted by atomic mass is 32.2. The van der Waals surface area contributed by atoms with Gasteiger partial charge in [-0.15, -0.1) is 0 Å². The molecule has 3 rings (SSSR count). The first-order valence-electron chi connectivity index (χ1n) is 9.43. The topological polar surface area (TPSA) is 101 Å². The van der Waals surface area contributed by atoms with E-state index in [1.807, 2.05) is 0 Å². The summed E-state index contributed by atoms with van der Waals surface area (Å²) >= 11 is 0. The Morgan fingerprint density at radius 1 is 1.22 bits per heavy atom. The highest BCUT2D eigenvalue weighted by Gasteiger charge is 2.32. The van der Waals surface area contributed by atoms with Crippen molar-refractivity contribution < 1.29 is 26.3 Å². The zero-order chi connectivity index (χ0) is 24.0. The Hall–Kier alpha value is -3.15. The van der Waals surface area contributed by atoms with E-state index in [9.17, 15) is 21.6 Å². The number of benzene rings is 1. The van der Waals surface area contributed by atoms with Gasteiger partial charge in [0.05, 0.1) is 28.1 Å². The number of aromatic nitrogens is 3. The van der Waals surface area contributed by atoms with Crippen LogP contribution in [0.15, 0.2) is 29.2 Å². The highest BCUT2D eigenvalue weighted by molar-refractivity contribution is 7.90. The minimum absolute atomic E-state index is 0.0344. The molecule has 12 heteroatoms. The summed E-state index contributed by atoms with van der Waals surface area (Å²) in [6, 6.07) is 4.38. The van der Waals surface area contributed by atoms with Gasteiger partial charge in [-0.05, 0) is 25.1 Å². The third kappa shape index (κ3) is 4.27. The summed E-state index contributed by atoms with van der Waals surface area (Å²) in [5.41, 5.74) is -0.455. The summed E-state index contributed by atoms with van der Waals surface area (Å²) in [5, 5.41) is 8.33. The third-order valence-electron chi connectivity index (χ3n) is 4.74. The number of alkyl halides is 3. The Bertz CT molecular complexity index is 1310. The first-order chi connectivity index (χ1) is 14.8. The van der Waals surface area contributed by atoms with E-state index in [1.54, 1.807) is 28.1 Å². The summed E-state index contributed by atoms with van der Waals surface area (Å²) in [6.45, 7) is 1.92. The molecule has 0 aliphatic heterocycles. The summed E-state index contributed by atoms with van der Waals surface area (Å²) in [7, 11) is 0.969. The fourth-order valence-electron chi connectivity index (χ4n) is 3.16. The lowest BCUT2D eigenvalue weighted by Crippen LogP contribution is -2.24. The van der Waals surface area contributed by atoms with Crippen LogP contribution in [0.1, 0.15) is 18.2 Å². The zero-order valence-electron chi connectivity index (χ0n) is 18.1. The fraction of sp³-hybridized carbons (Fsp3) is 0.350. The Balaban J connectivity index is 2.37. The number of pyridine rings is 1. The Labute approximate surface area is 183 Å². The molecule has 0 fully saturated rings. The highest BCUT2D eigenvalue weighted by Crippen LogP contribution is 2.35. The molecular weight excluding hydrogens is 447 g/mol. The lowest BCUT2D eigenvalue weighted by Gasteiger charge is -2.18. The van der Waals surface area contributed by atoms with Crippen LogP contribution in [-0.4, -0.2) is 60.6 Å². The van der Waals surface area contributed by atoms with Crippen molar-refractivity contribution in [2.24, 2.45) is 7.05 Å². The molecule has 8 nitrogen and oxygen atoms in total. The van der Waals surface area contributed by atoms with E-state index in [0.29, 0.717) is 5.52 Å². The average molecular weight is 469 g/mol. The normalized spacial score (nSPS) is 12.2. The second-order valence-corrected chi connectivity index (χ2v) is 9.31. The van der Waals surface area contributed by atoms with Crippen LogP contribution in [-0.2, 0) is 23.1 Å². The van der Waals surface area contributed by atoms with Crippen LogP contribution >= 0.6 is 0 Å². The van der Waals surface area contributed by atoms with E-state index in [2.05, 4.69) is 9.97 Å². The number of imidazole rings is 1. The maximum absolute atomic E-state index is 13.1. The molecule has 0 aliphatic rings. The first kappa shape index (κ1) is 23.5. The Morgan fingerprint density at radius 2 is 1.88 bits per heavy atom. The molecule has 0 radical (unpaired) electrons. The van der Waals surface area contributed by atoms with Crippen molar-refractivity contribution in [1.82, 2.24) is 19.4 Å². The number of rotatable bonds is 5. The second kappa shape index (κ2) is 8.08. The number of nitrogens with zero attached hydrogens (tertiary/aromatic N) is 4. The minimum atomic E-state index is -4.55. The van der Waals surface area contributed by atoms with Crippen LogP contribution in [0.25, 0.3) is 22.6 Å². The van der Waals surface area contributed by atoms with Crippen LogP contribution in [0.3, 0.4) is 0 Å². The van der Waals surface area contributed by atoms with E-state index in [-0.39, 0.29) is 45.8 Å². The van der Waals surface area contributed by atoms with Crippen molar-refractivity contribution in [1.29, 1.82) is 5.41 Å².